The molecule has 0 saturated heterocycles. The number of aromatic nitrogens is 1. The number of nitro groups is 1. The van der Waals surface area contributed by atoms with E-state index in [0.717, 1.165) is 15.9 Å². The zero-order chi connectivity index (χ0) is 34.7. The van der Waals surface area contributed by atoms with Crippen LogP contribution in [0, 0.1) is 13.7 Å². The van der Waals surface area contributed by atoms with Crippen LogP contribution in [-0.2, 0) is 16.1 Å². The number of halogens is 5. The first-order chi connectivity index (χ1) is 22.8. The lowest BCUT2D eigenvalue weighted by atomic mass is 9.95. The van der Waals surface area contributed by atoms with Gasteiger partial charge in [0.25, 0.3) is 11.2 Å². The molecule has 250 valence electrons. The summed E-state index contributed by atoms with van der Waals surface area (Å²) < 4.78 is 61.7. The Morgan fingerprint density at radius 2 is 1.79 bits per heavy atom. The molecule has 1 aliphatic heterocycles. The van der Waals surface area contributed by atoms with E-state index < -0.39 is 39.9 Å². The number of ether oxygens (including phenoxy) is 3. The average Bonchev–Trinajstić information content (AvgIpc) is 3.34. The largest absolute Gasteiger partial charge is 0.490 e. The van der Waals surface area contributed by atoms with Crippen LogP contribution in [0.3, 0.4) is 0 Å². The van der Waals surface area contributed by atoms with E-state index in [2.05, 4.69) is 4.99 Å². The molecule has 0 fully saturated rings. The molecule has 0 saturated carbocycles. The molecule has 0 spiro atoms. The Kier molecular flexibility index (Phi) is 10.6. The molecule has 0 amide bonds. The van der Waals surface area contributed by atoms with Gasteiger partial charge in [-0.1, -0.05) is 35.1 Å². The van der Waals surface area contributed by atoms with E-state index in [9.17, 15) is 32.9 Å². The fourth-order valence-corrected chi connectivity index (χ4v) is 6.80. The number of benzene rings is 3. The highest BCUT2D eigenvalue weighted by Gasteiger charge is 2.45. The summed E-state index contributed by atoms with van der Waals surface area (Å²) in [5, 5.41) is 11.3. The van der Waals surface area contributed by atoms with Crippen molar-refractivity contribution in [3.05, 3.63) is 127 Å². The van der Waals surface area contributed by atoms with Crippen molar-refractivity contribution in [1.29, 1.82) is 0 Å². The van der Waals surface area contributed by atoms with Gasteiger partial charge in [0.15, 0.2) is 22.0 Å². The second-order valence-electron chi connectivity index (χ2n) is 10.1. The van der Waals surface area contributed by atoms with E-state index in [0.29, 0.717) is 31.2 Å². The Morgan fingerprint density at radius 3 is 2.40 bits per heavy atom. The fraction of sp³-hybridized carbons (Fsp3) is 0.219. The van der Waals surface area contributed by atoms with Crippen molar-refractivity contribution < 1.29 is 37.1 Å². The van der Waals surface area contributed by atoms with Crippen molar-refractivity contribution in [1.82, 2.24) is 4.57 Å². The van der Waals surface area contributed by atoms with Crippen molar-refractivity contribution in [2.45, 2.75) is 32.7 Å². The molecule has 1 aliphatic rings. The molecule has 48 heavy (non-hydrogen) atoms. The highest BCUT2D eigenvalue weighted by atomic mass is 127. The SMILES string of the molecule is CCOC(=O)C1=C(C(F)(F)F)N=c2s/c(=C\c3cc(I)c(OCc4ccc([N+](=O)[O-])cc4)c(OCC)c3)c(=O)n2[C@H]1c1ccc(Cl)cc1. The molecule has 0 unspecified atom stereocenters. The number of hydrogen-bond acceptors (Lipinski definition) is 9. The molecule has 0 N–H and O–H groups in total. The maximum Gasteiger partial charge on any atom is 0.434 e. The van der Waals surface area contributed by atoms with Crippen LogP contribution in [0.15, 0.2) is 81.7 Å². The van der Waals surface area contributed by atoms with Crippen molar-refractivity contribution in [2.24, 2.45) is 4.99 Å². The van der Waals surface area contributed by atoms with Gasteiger partial charge < -0.3 is 14.2 Å². The minimum absolute atomic E-state index is 0.0517. The molecule has 16 heteroatoms. The maximum atomic E-state index is 14.4. The third-order valence-electron chi connectivity index (χ3n) is 6.94. The Bertz CT molecular complexity index is 2100. The number of carbonyl (C=O) groups is 1. The van der Waals surface area contributed by atoms with Gasteiger partial charge in [0.05, 0.1) is 37.9 Å². The third kappa shape index (κ3) is 7.42. The van der Waals surface area contributed by atoms with Gasteiger partial charge in [0.2, 0.25) is 0 Å². The van der Waals surface area contributed by atoms with Gasteiger partial charge in [-0.15, -0.1) is 0 Å². The molecule has 0 radical (unpaired) electrons. The van der Waals surface area contributed by atoms with Crippen LogP contribution >= 0.6 is 45.5 Å². The smallest absolute Gasteiger partial charge is 0.434 e. The summed E-state index contributed by atoms with van der Waals surface area (Å²) in [4.78, 5) is 41.0. The minimum Gasteiger partial charge on any atom is -0.490 e. The highest BCUT2D eigenvalue weighted by Crippen LogP contribution is 2.39. The standard InChI is InChI=1S/C32H24ClF3IN3O7S/c1-3-45-23-14-18(13-22(37)27(23)47-16-17-5-11-21(12-6-17)40(43)44)15-24-29(41)39-26(19-7-9-20(33)10-8-19)25(30(42)46-4-2)28(32(34,35)36)38-31(39)48-24/h5-15,26H,3-4,16H2,1-2H3/b24-15-/t26-/m0/s1. The van der Waals surface area contributed by atoms with Crippen LogP contribution in [0.1, 0.15) is 36.6 Å². The summed E-state index contributed by atoms with van der Waals surface area (Å²) in [6, 6.07) is 13.5. The Labute approximate surface area is 293 Å². The first kappa shape index (κ1) is 35.1. The van der Waals surface area contributed by atoms with E-state index in [4.69, 9.17) is 25.8 Å². The number of rotatable bonds is 10. The van der Waals surface area contributed by atoms with Gasteiger partial charge in [-0.2, -0.15) is 13.2 Å². The van der Waals surface area contributed by atoms with E-state index in [-0.39, 0.29) is 40.4 Å². The lowest BCUT2D eigenvalue weighted by molar-refractivity contribution is -0.384. The predicted molar refractivity (Wildman–Crippen MR) is 180 cm³/mol. The van der Waals surface area contributed by atoms with Crippen LogP contribution < -0.4 is 24.4 Å². The summed E-state index contributed by atoms with van der Waals surface area (Å²) in [5.41, 5.74) is -1.61. The average molecular weight is 814 g/mol. The van der Waals surface area contributed by atoms with Crippen LogP contribution in [0.5, 0.6) is 11.5 Å². The highest BCUT2D eigenvalue weighted by molar-refractivity contribution is 14.1. The molecule has 10 nitrogen and oxygen atoms in total. The molecular weight excluding hydrogens is 790 g/mol. The lowest BCUT2D eigenvalue weighted by Gasteiger charge is -2.26. The van der Waals surface area contributed by atoms with Crippen molar-refractivity contribution in [2.75, 3.05) is 13.2 Å². The van der Waals surface area contributed by atoms with Gasteiger partial charge in [-0.05, 0) is 95.6 Å². The molecule has 0 bridgehead atoms. The van der Waals surface area contributed by atoms with Gasteiger partial charge in [0.1, 0.15) is 6.61 Å². The van der Waals surface area contributed by atoms with Gasteiger partial charge in [-0.3, -0.25) is 19.5 Å². The molecule has 3 aromatic carbocycles. The molecule has 5 rings (SSSR count). The number of nitrogens with zero attached hydrogens (tertiary/aromatic N) is 3. The van der Waals surface area contributed by atoms with E-state index >= 15 is 0 Å². The molecule has 0 aliphatic carbocycles. The van der Waals surface area contributed by atoms with Gasteiger partial charge in [-0.25, -0.2) is 9.79 Å². The van der Waals surface area contributed by atoms with Crippen LogP contribution in [-0.4, -0.2) is 34.8 Å². The number of hydrogen-bond donors (Lipinski definition) is 0. The molecule has 1 aromatic heterocycles. The first-order valence-electron chi connectivity index (χ1n) is 14.2. The predicted octanol–water partition coefficient (Wildman–Crippen LogP) is 6.48. The van der Waals surface area contributed by atoms with Crippen molar-refractivity contribution >= 4 is 63.3 Å². The summed E-state index contributed by atoms with van der Waals surface area (Å²) in [6.07, 6.45) is -3.54. The minimum atomic E-state index is -5.03. The number of fused-ring (bicyclic) bond motifs is 1. The van der Waals surface area contributed by atoms with Gasteiger partial charge >= 0.3 is 12.1 Å². The third-order valence-corrected chi connectivity index (χ3v) is 8.98. The summed E-state index contributed by atoms with van der Waals surface area (Å²) in [7, 11) is 0. The van der Waals surface area contributed by atoms with Crippen molar-refractivity contribution in [3.63, 3.8) is 0 Å². The number of carbonyl (C=O) groups excluding carboxylic acids is 1. The summed E-state index contributed by atoms with van der Waals surface area (Å²) >= 11 is 8.81. The second-order valence-corrected chi connectivity index (χ2v) is 12.7. The Balaban J connectivity index is 1.61. The number of nitro benzene ring substituents is 1. The lowest BCUT2D eigenvalue weighted by Crippen LogP contribution is -2.41. The van der Waals surface area contributed by atoms with Crippen LogP contribution in [0.4, 0.5) is 18.9 Å². The van der Waals surface area contributed by atoms with Crippen molar-refractivity contribution in [3.8, 4) is 11.5 Å². The normalized spacial score (nSPS) is 14.7. The first-order valence-corrected chi connectivity index (χ1v) is 16.5. The molecular formula is C32H24ClF3IN3O7S. The zero-order valence-corrected chi connectivity index (χ0v) is 28.8. The van der Waals surface area contributed by atoms with Crippen LogP contribution in [0.2, 0.25) is 5.02 Å². The topological polar surface area (TPSA) is 122 Å². The number of non-ortho nitro benzene ring substituents is 1. The number of alkyl halides is 3. The summed E-state index contributed by atoms with van der Waals surface area (Å²) in [6.45, 7) is 3.39. The monoisotopic (exact) mass is 813 g/mol. The Hall–Kier alpha value is -4.22. The van der Waals surface area contributed by atoms with Gasteiger partial charge in [0, 0.05) is 17.2 Å². The quantitative estimate of drug-likeness (QED) is 0.0778. The Morgan fingerprint density at radius 1 is 1.10 bits per heavy atom. The molecule has 2 heterocycles. The second kappa shape index (κ2) is 14.5. The molecule has 1 atom stereocenters. The molecule has 4 aromatic rings. The number of thiazole rings is 1. The number of esters is 1. The zero-order valence-electron chi connectivity index (χ0n) is 25.0. The maximum absolute atomic E-state index is 14.4. The van der Waals surface area contributed by atoms with E-state index in [1.165, 1.54) is 49.4 Å². The van der Waals surface area contributed by atoms with Crippen LogP contribution in [0.25, 0.3) is 6.08 Å². The van der Waals surface area contributed by atoms with E-state index in [1.54, 1.807) is 31.2 Å². The fourth-order valence-electron chi connectivity index (χ4n) is 4.90. The summed E-state index contributed by atoms with van der Waals surface area (Å²) in [5.74, 6) is -0.512. The van der Waals surface area contributed by atoms with E-state index in [1.807, 2.05) is 22.6 Å². The number of allylic oxidation sites excluding steroid dienone is 1.